The van der Waals surface area contributed by atoms with Gasteiger partial charge in [-0.15, -0.1) is 0 Å². The Morgan fingerprint density at radius 2 is 1.96 bits per heavy atom. The van der Waals surface area contributed by atoms with Crippen molar-refractivity contribution in [3.8, 4) is 0 Å². The van der Waals surface area contributed by atoms with Crippen LogP contribution in [-0.2, 0) is 20.8 Å². The molecule has 3 rings (SSSR count). The number of carbonyl (C=O) groups excluding carboxylic acids is 1. The molecular formula is C22H33NO3. The van der Waals surface area contributed by atoms with Crippen molar-refractivity contribution >= 4 is 5.97 Å². The van der Waals surface area contributed by atoms with E-state index >= 15 is 0 Å². The van der Waals surface area contributed by atoms with Crippen LogP contribution >= 0.6 is 0 Å². The fourth-order valence-electron chi connectivity index (χ4n) is 4.44. The van der Waals surface area contributed by atoms with Crippen LogP contribution in [0.2, 0.25) is 0 Å². The van der Waals surface area contributed by atoms with Crippen molar-refractivity contribution in [3.63, 3.8) is 0 Å². The van der Waals surface area contributed by atoms with Gasteiger partial charge in [0, 0.05) is 6.54 Å². The molecule has 5 atom stereocenters. The predicted octanol–water partition coefficient (Wildman–Crippen LogP) is 4.24. The van der Waals surface area contributed by atoms with Gasteiger partial charge in [-0.05, 0) is 43.2 Å². The Hall–Kier alpha value is -1.39. The third-order valence-corrected chi connectivity index (χ3v) is 6.05. The van der Waals surface area contributed by atoms with Crippen molar-refractivity contribution in [1.29, 1.82) is 0 Å². The lowest BCUT2D eigenvalue weighted by atomic mass is 9.75. The van der Waals surface area contributed by atoms with E-state index in [0.717, 1.165) is 13.0 Å². The van der Waals surface area contributed by atoms with Crippen LogP contribution in [0.25, 0.3) is 0 Å². The van der Waals surface area contributed by atoms with Crippen molar-refractivity contribution in [2.24, 2.45) is 17.8 Å². The van der Waals surface area contributed by atoms with Gasteiger partial charge in [-0.2, -0.15) is 0 Å². The van der Waals surface area contributed by atoms with Crippen molar-refractivity contribution in [3.05, 3.63) is 35.9 Å². The lowest BCUT2D eigenvalue weighted by molar-refractivity contribution is -0.197. The minimum Gasteiger partial charge on any atom is -0.434 e. The lowest BCUT2D eigenvalue weighted by Gasteiger charge is -2.39. The van der Waals surface area contributed by atoms with Crippen LogP contribution in [0.1, 0.15) is 52.0 Å². The molecule has 0 amide bonds. The number of esters is 1. The van der Waals surface area contributed by atoms with E-state index in [4.69, 9.17) is 9.47 Å². The van der Waals surface area contributed by atoms with Gasteiger partial charge in [0.2, 0.25) is 6.29 Å². The Morgan fingerprint density at radius 1 is 1.23 bits per heavy atom. The molecule has 1 aliphatic carbocycles. The Labute approximate surface area is 157 Å². The van der Waals surface area contributed by atoms with Crippen LogP contribution < -0.4 is 0 Å². The van der Waals surface area contributed by atoms with Gasteiger partial charge < -0.3 is 9.47 Å². The highest BCUT2D eigenvalue weighted by atomic mass is 16.7. The average molecular weight is 360 g/mol. The van der Waals surface area contributed by atoms with Crippen LogP contribution in [0.5, 0.6) is 0 Å². The highest BCUT2D eigenvalue weighted by molar-refractivity contribution is 5.72. The zero-order chi connectivity index (χ0) is 18.7. The van der Waals surface area contributed by atoms with Gasteiger partial charge in [-0.1, -0.05) is 57.5 Å². The predicted molar refractivity (Wildman–Crippen MR) is 102 cm³/mol. The summed E-state index contributed by atoms with van der Waals surface area (Å²) in [5.41, 5.74) is 1.24. The van der Waals surface area contributed by atoms with E-state index < -0.39 is 6.29 Å². The van der Waals surface area contributed by atoms with Crippen LogP contribution in [0.15, 0.2) is 30.3 Å². The van der Waals surface area contributed by atoms with E-state index in [1.165, 1.54) is 18.4 Å². The van der Waals surface area contributed by atoms with Gasteiger partial charge in [0.05, 0.1) is 18.6 Å². The molecule has 1 heterocycles. The molecule has 1 aromatic carbocycles. The molecule has 1 saturated carbocycles. The highest BCUT2D eigenvalue weighted by Gasteiger charge is 2.42. The van der Waals surface area contributed by atoms with Crippen molar-refractivity contribution in [1.82, 2.24) is 4.90 Å². The van der Waals surface area contributed by atoms with Gasteiger partial charge in [-0.3, -0.25) is 9.69 Å². The van der Waals surface area contributed by atoms with Gasteiger partial charge >= 0.3 is 5.97 Å². The Kier molecular flexibility index (Phi) is 6.36. The molecule has 2 aliphatic rings. The zero-order valence-electron chi connectivity index (χ0n) is 16.6. The first-order chi connectivity index (χ1) is 12.4. The van der Waals surface area contributed by atoms with Crippen LogP contribution in [0.4, 0.5) is 0 Å². The monoisotopic (exact) mass is 359 g/mol. The van der Waals surface area contributed by atoms with Crippen LogP contribution in [-0.4, -0.2) is 36.4 Å². The molecule has 1 saturated heterocycles. The topological polar surface area (TPSA) is 38.8 Å². The Balaban J connectivity index is 1.67. The maximum absolute atomic E-state index is 12.0. The Morgan fingerprint density at radius 3 is 2.65 bits per heavy atom. The molecule has 0 spiro atoms. The third kappa shape index (κ3) is 4.66. The fraction of sp³-hybridized carbons (Fsp3) is 0.682. The number of hydrogen-bond acceptors (Lipinski definition) is 4. The molecule has 144 valence electrons. The molecule has 1 aliphatic heterocycles. The second-order valence-corrected chi connectivity index (χ2v) is 8.53. The SMILES string of the molecule is CC(C)[C@@H]1CC[C@@H](C)C[C@H]1O[C@@H]1OC(=O)C[C@H]1N(C)Cc1ccccc1. The molecule has 4 nitrogen and oxygen atoms in total. The molecule has 0 radical (unpaired) electrons. The molecular weight excluding hydrogens is 326 g/mol. The van der Waals surface area contributed by atoms with Crippen molar-refractivity contribution in [2.45, 2.75) is 71.4 Å². The van der Waals surface area contributed by atoms with E-state index in [1.807, 2.05) is 18.2 Å². The zero-order valence-corrected chi connectivity index (χ0v) is 16.6. The number of cyclic esters (lactones) is 1. The summed E-state index contributed by atoms with van der Waals surface area (Å²) in [6.07, 6.45) is 3.67. The summed E-state index contributed by atoms with van der Waals surface area (Å²) in [5.74, 6) is 1.66. The summed E-state index contributed by atoms with van der Waals surface area (Å²) in [4.78, 5) is 14.2. The maximum atomic E-state index is 12.0. The number of carbonyl (C=O) groups is 1. The largest absolute Gasteiger partial charge is 0.434 e. The minimum absolute atomic E-state index is 0.0206. The van der Waals surface area contributed by atoms with E-state index in [9.17, 15) is 4.79 Å². The summed E-state index contributed by atoms with van der Waals surface area (Å²) in [7, 11) is 2.05. The van der Waals surface area contributed by atoms with Crippen molar-refractivity contribution in [2.75, 3.05) is 7.05 Å². The lowest BCUT2D eigenvalue weighted by Crippen LogP contribution is -2.44. The van der Waals surface area contributed by atoms with Crippen molar-refractivity contribution < 1.29 is 14.3 Å². The first-order valence-electron chi connectivity index (χ1n) is 10.0. The van der Waals surface area contributed by atoms with E-state index in [1.54, 1.807) is 0 Å². The Bertz CT molecular complexity index is 588. The summed E-state index contributed by atoms with van der Waals surface area (Å²) < 4.78 is 12.0. The quantitative estimate of drug-likeness (QED) is 0.712. The first-order valence-corrected chi connectivity index (χ1v) is 10.0. The summed E-state index contributed by atoms with van der Waals surface area (Å²) in [6.45, 7) is 7.64. The number of benzene rings is 1. The van der Waals surface area contributed by atoms with E-state index in [-0.39, 0.29) is 18.1 Å². The average Bonchev–Trinajstić information content (AvgIpc) is 2.96. The molecule has 2 fully saturated rings. The molecule has 0 aromatic heterocycles. The first kappa shape index (κ1) is 19.4. The molecule has 26 heavy (non-hydrogen) atoms. The number of hydrogen-bond donors (Lipinski definition) is 0. The smallest absolute Gasteiger partial charge is 0.309 e. The fourth-order valence-corrected chi connectivity index (χ4v) is 4.44. The number of nitrogens with zero attached hydrogens (tertiary/aromatic N) is 1. The van der Waals surface area contributed by atoms with Gasteiger partial charge in [0.15, 0.2) is 0 Å². The van der Waals surface area contributed by atoms with E-state index in [0.29, 0.717) is 24.2 Å². The number of ether oxygens (including phenoxy) is 2. The van der Waals surface area contributed by atoms with E-state index in [2.05, 4.69) is 44.9 Å². The number of rotatable bonds is 6. The third-order valence-electron chi connectivity index (χ3n) is 6.05. The number of likely N-dealkylation sites (N-methyl/N-ethyl adjacent to an activating group) is 1. The summed E-state index contributed by atoms with van der Waals surface area (Å²) in [6, 6.07) is 10.3. The maximum Gasteiger partial charge on any atom is 0.309 e. The second-order valence-electron chi connectivity index (χ2n) is 8.53. The van der Waals surface area contributed by atoms with Crippen LogP contribution in [0, 0.1) is 17.8 Å². The molecule has 4 heteroatoms. The molecule has 1 aromatic rings. The van der Waals surface area contributed by atoms with Gasteiger partial charge in [0.1, 0.15) is 0 Å². The van der Waals surface area contributed by atoms with Crippen LogP contribution in [0.3, 0.4) is 0 Å². The standard InChI is InChI=1S/C22H33NO3/c1-15(2)18-11-10-16(3)12-20(18)25-22-19(13-21(24)26-22)23(4)14-17-8-6-5-7-9-17/h5-9,15-16,18-20,22H,10-14H2,1-4H3/t16-,18+,19-,20-,22-/m1/s1. The minimum atomic E-state index is -0.451. The molecule has 0 unspecified atom stereocenters. The van der Waals surface area contributed by atoms with Gasteiger partial charge in [0.25, 0.3) is 0 Å². The second kappa shape index (κ2) is 8.53. The normalized spacial score (nSPS) is 32.2. The molecule has 0 bridgehead atoms. The highest BCUT2D eigenvalue weighted by Crippen LogP contribution is 2.37. The molecule has 0 N–H and O–H groups in total. The summed E-state index contributed by atoms with van der Waals surface area (Å²) >= 11 is 0. The summed E-state index contributed by atoms with van der Waals surface area (Å²) in [5, 5.41) is 0. The van der Waals surface area contributed by atoms with Gasteiger partial charge in [-0.25, -0.2) is 0 Å².